The molecule has 0 aliphatic carbocycles. The third kappa shape index (κ3) is 3.28. The van der Waals surface area contributed by atoms with Crippen LogP contribution >= 0.6 is 0 Å². The number of carbonyl (C=O) groups excluding carboxylic acids is 2. The molecule has 1 N–H and O–H groups in total. The van der Waals surface area contributed by atoms with Crippen molar-refractivity contribution in [3.05, 3.63) is 35.9 Å². The molecule has 0 radical (unpaired) electrons. The van der Waals surface area contributed by atoms with Gasteiger partial charge in [-0.15, -0.1) is 0 Å². The molecule has 0 saturated carbocycles. The number of benzene rings is 1. The van der Waals surface area contributed by atoms with Gasteiger partial charge >= 0.3 is 12.1 Å². The third-order valence-electron chi connectivity index (χ3n) is 2.97. The summed E-state index contributed by atoms with van der Waals surface area (Å²) in [5, 5.41) is 2.38. The Labute approximate surface area is 112 Å². The first-order valence-electron chi connectivity index (χ1n) is 6.01. The van der Waals surface area contributed by atoms with Gasteiger partial charge in [-0.1, -0.05) is 18.2 Å². The van der Waals surface area contributed by atoms with E-state index in [1.165, 1.54) is 0 Å². The lowest BCUT2D eigenvalue weighted by atomic mass is 10.0. The Hall–Kier alpha value is -2.05. The van der Waals surface area contributed by atoms with Crippen molar-refractivity contribution < 1.29 is 27.5 Å². The number of rotatable bonds is 2. The van der Waals surface area contributed by atoms with Gasteiger partial charge < -0.3 is 10.1 Å². The first-order chi connectivity index (χ1) is 9.38. The molecule has 0 spiro atoms. The molecule has 1 aromatic carbocycles. The number of nitrogens with one attached hydrogen (secondary N) is 1. The lowest BCUT2D eigenvalue weighted by Gasteiger charge is -2.29. The minimum absolute atomic E-state index is 0.0957. The summed E-state index contributed by atoms with van der Waals surface area (Å²) in [5.74, 6) is -1.57. The molecule has 1 heterocycles. The second kappa shape index (κ2) is 5.52. The monoisotopic (exact) mass is 287 g/mol. The van der Waals surface area contributed by atoms with Crippen LogP contribution in [0.25, 0.3) is 0 Å². The fraction of sp³-hybridized carbons (Fsp3) is 0.385. The second-order valence-electron chi connectivity index (χ2n) is 4.44. The van der Waals surface area contributed by atoms with E-state index in [2.05, 4.69) is 10.1 Å². The van der Waals surface area contributed by atoms with E-state index in [1.807, 2.05) is 0 Å². The van der Waals surface area contributed by atoms with E-state index >= 15 is 0 Å². The van der Waals surface area contributed by atoms with E-state index in [4.69, 9.17) is 0 Å². The van der Waals surface area contributed by atoms with Crippen molar-refractivity contribution in [3.8, 4) is 0 Å². The Morgan fingerprint density at radius 3 is 2.40 bits per heavy atom. The maximum Gasteiger partial charge on any atom is 0.425 e. The molecule has 108 valence electrons. The smallest absolute Gasteiger partial charge is 0.425 e. The Morgan fingerprint density at radius 1 is 1.20 bits per heavy atom. The van der Waals surface area contributed by atoms with Crippen LogP contribution in [0.5, 0.6) is 0 Å². The van der Waals surface area contributed by atoms with Crippen molar-refractivity contribution in [2.75, 3.05) is 0 Å². The largest absolute Gasteiger partial charge is 0.451 e. The molecule has 1 fully saturated rings. The maximum absolute atomic E-state index is 12.4. The molecular weight excluding hydrogens is 275 g/mol. The average molecular weight is 287 g/mol. The van der Waals surface area contributed by atoms with Gasteiger partial charge in [-0.2, -0.15) is 13.2 Å². The van der Waals surface area contributed by atoms with Crippen LogP contribution in [0.1, 0.15) is 23.2 Å². The number of carbonyl (C=O) groups is 2. The standard InChI is InChI=1S/C13H12F3NO3/c14-13(15,16)10-7-6-9(12(19)20-10)17-11(18)8-4-2-1-3-5-8/h1-5,9-10H,6-7H2,(H,17,18)/t9-,10+/m0/s1. The summed E-state index contributed by atoms with van der Waals surface area (Å²) in [7, 11) is 0. The molecule has 1 aromatic rings. The summed E-state index contributed by atoms with van der Waals surface area (Å²) in [6, 6.07) is 7.06. The molecule has 7 heteroatoms. The van der Waals surface area contributed by atoms with Crippen molar-refractivity contribution in [3.63, 3.8) is 0 Å². The van der Waals surface area contributed by atoms with Gasteiger partial charge in [0.05, 0.1) is 0 Å². The molecule has 0 aromatic heterocycles. The van der Waals surface area contributed by atoms with Gasteiger partial charge in [-0.3, -0.25) is 4.79 Å². The molecule has 2 rings (SSSR count). The molecule has 1 saturated heterocycles. The summed E-state index contributed by atoms with van der Waals surface area (Å²) >= 11 is 0. The molecule has 1 aliphatic rings. The lowest BCUT2D eigenvalue weighted by molar-refractivity contribution is -0.230. The first-order valence-corrected chi connectivity index (χ1v) is 6.01. The zero-order valence-electron chi connectivity index (χ0n) is 10.3. The minimum Gasteiger partial charge on any atom is -0.451 e. The highest BCUT2D eigenvalue weighted by Gasteiger charge is 2.46. The van der Waals surface area contributed by atoms with Gasteiger partial charge in [-0.25, -0.2) is 4.79 Å². The van der Waals surface area contributed by atoms with Gasteiger partial charge in [0.25, 0.3) is 5.91 Å². The number of amides is 1. The summed E-state index contributed by atoms with van der Waals surface area (Å²) in [6.45, 7) is 0. The average Bonchev–Trinajstić information content (AvgIpc) is 2.41. The number of ether oxygens (including phenoxy) is 1. The Balaban J connectivity index is 1.96. The summed E-state index contributed by atoms with van der Waals surface area (Å²) in [5.41, 5.74) is 0.332. The lowest BCUT2D eigenvalue weighted by Crippen LogP contribution is -2.49. The Bertz CT molecular complexity index is 501. The van der Waals surface area contributed by atoms with E-state index < -0.39 is 30.2 Å². The van der Waals surface area contributed by atoms with E-state index in [9.17, 15) is 22.8 Å². The minimum atomic E-state index is -4.57. The van der Waals surface area contributed by atoms with Gasteiger partial charge in [0.15, 0.2) is 6.10 Å². The SMILES string of the molecule is O=C(N[C@H]1CC[C@H](C(F)(F)F)OC1=O)c1ccccc1. The number of esters is 1. The van der Waals surface area contributed by atoms with E-state index in [0.717, 1.165) is 0 Å². The van der Waals surface area contributed by atoms with Crippen LogP contribution in [-0.4, -0.2) is 30.2 Å². The molecule has 0 bridgehead atoms. The number of hydrogen-bond donors (Lipinski definition) is 1. The van der Waals surface area contributed by atoms with Crippen molar-refractivity contribution >= 4 is 11.9 Å². The molecule has 2 atom stereocenters. The summed E-state index contributed by atoms with van der Waals surface area (Å²) in [4.78, 5) is 23.3. The molecule has 1 aliphatic heterocycles. The van der Waals surface area contributed by atoms with E-state index in [0.29, 0.717) is 5.56 Å². The topological polar surface area (TPSA) is 55.4 Å². The highest BCUT2D eigenvalue weighted by Crippen LogP contribution is 2.30. The van der Waals surface area contributed by atoms with E-state index in [1.54, 1.807) is 30.3 Å². The van der Waals surface area contributed by atoms with Crippen LogP contribution in [-0.2, 0) is 9.53 Å². The van der Waals surface area contributed by atoms with Crippen molar-refractivity contribution in [1.82, 2.24) is 5.32 Å². The van der Waals surface area contributed by atoms with Crippen LogP contribution in [0, 0.1) is 0 Å². The van der Waals surface area contributed by atoms with Crippen LogP contribution in [0.3, 0.4) is 0 Å². The number of cyclic esters (lactones) is 1. The van der Waals surface area contributed by atoms with Gasteiger partial charge in [-0.05, 0) is 25.0 Å². The van der Waals surface area contributed by atoms with Gasteiger partial charge in [0.2, 0.25) is 0 Å². The number of hydrogen-bond acceptors (Lipinski definition) is 3. The normalized spacial score (nSPS) is 23.1. The quantitative estimate of drug-likeness (QED) is 0.847. The van der Waals surface area contributed by atoms with Gasteiger partial charge in [0.1, 0.15) is 6.04 Å². The fourth-order valence-electron chi connectivity index (χ4n) is 1.91. The zero-order chi connectivity index (χ0) is 14.8. The molecule has 0 unspecified atom stereocenters. The van der Waals surface area contributed by atoms with Crippen LogP contribution < -0.4 is 5.32 Å². The van der Waals surface area contributed by atoms with E-state index in [-0.39, 0.29) is 12.8 Å². The van der Waals surface area contributed by atoms with Crippen molar-refractivity contribution in [2.24, 2.45) is 0 Å². The highest BCUT2D eigenvalue weighted by atomic mass is 19.4. The highest BCUT2D eigenvalue weighted by molar-refractivity contribution is 5.96. The maximum atomic E-state index is 12.4. The second-order valence-corrected chi connectivity index (χ2v) is 4.44. The Kier molecular flexibility index (Phi) is 3.96. The van der Waals surface area contributed by atoms with Crippen molar-refractivity contribution in [1.29, 1.82) is 0 Å². The van der Waals surface area contributed by atoms with Crippen LogP contribution in [0.2, 0.25) is 0 Å². The predicted molar refractivity (Wildman–Crippen MR) is 62.9 cm³/mol. The van der Waals surface area contributed by atoms with Crippen LogP contribution in [0.4, 0.5) is 13.2 Å². The molecular formula is C13H12F3NO3. The molecule has 1 amide bonds. The Morgan fingerprint density at radius 2 is 1.85 bits per heavy atom. The number of halogens is 3. The molecule has 20 heavy (non-hydrogen) atoms. The molecule has 4 nitrogen and oxygen atoms in total. The summed E-state index contributed by atoms with van der Waals surface area (Å²) < 4.78 is 41.5. The van der Waals surface area contributed by atoms with Gasteiger partial charge in [0, 0.05) is 5.56 Å². The zero-order valence-corrected chi connectivity index (χ0v) is 10.3. The summed E-state index contributed by atoms with van der Waals surface area (Å²) in [6.07, 6.45) is -7.10. The third-order valence-corrected chi connectivity index (χ3v) is 2.97. The van der Waals surface area contributed by atoms with Crippen molar-refractivity contribution in [2.45, 2.75) is 31.2 Å². The number of alkyl halides is 3. The van der Waals surface area contributed by atoms with Crippen LogP contribution in [0.15, 0.2) is 30.3 Å². The fourth-order valence-corrected chi connectivity index (χ4v) is 1.91. The first kappa shape index (κ1) is 14.4. The predicted octanol–water partition coefficient (Wildman–Crippen LogP) is 2.05.